The van der Waals surface area contributed by atoms with Gasteiger partial charge in [-0.1, -0.05) is 6.42 Å². The molecule has 1 aliphatic rings. The standard InChI is InChI=1S/C18H28BNO5/c1-4-25-16-9-12-8-13(6-5-7-19(23)24)18(3,17(21)22)15(12)10-14(16)11(2)20/h9-11,13,23-24H,4-8,20H2,1-3H3,(H,21,22)/t11-,13-,18-/m0/s1. The van der Waals surface area contributed by atoms with Gasteiger partial charge in [0.05, 0.1) is 12.0 Å². The van der Waals surface area contributed by atoms with Gasteiger partial charge in [-0.25, -0.2) is 0 Å². The van der Waals surface area contributed by atoms with Crippen LogP contribution in [0.1, 0.15) is 56.3 Å². The number of hydrogen-bond donors (Lipinski definition) is 4. The Bertz CT molecular complexity index is 634. The average molecular weight is 349 g/mol. The zero-order valence-electron chi connectivity index (χ0n) is 15.2. The molecule has 0 fully saturated rings. The molecule has 0 amide bonds. The molecule has 0 radical (unpaired) electrons. The largest absolute Gasteiger partial charge is 0.494 e. The number of aliphatic carboxylic acids is 1. The maximum atomic E-state index is 12.1. The highest BCUT2D eigenvalue weighted by atomic mass is 16.5. The van der Waals surface area contributed by atoms with Gasteiger partial charge in [-0.05, 0) is 69.1 Å². The van der Waals surface area contributed by atoms with Crippen LogP contribution in [0.5, 0.6) is 5.75 Å². The fourth-order valence-corrected chi connectivity index (χ4v) is 3.84. The van der Waals surface area contributed by atoms with Gasteiger partial charge < -0.3 is 25.6 Å². The second-order valence-corrected chi connectivity index (χ2v) is 7.09. The zero-order valence-corrected chi connectivity index (χ0v) is 15.2. The number of hydrogen-bond acceptors (Lipinski definition) is 5. The number of carbonyl (C=O) groups is 1. The molecule has 6 nitrogen and oxygen atoms in total. The second-order valence-electron chi connectivity index (χ2n) is 7.09. The Morgan fingerprint density at radius 2 is 2.16 bits per heavy atom. The van der Waals surface area contributed by atoms with E-state index in [1.54, 1.807) is 6.92 Å². The SMILES string of the molecule is CCOc1cc2c(cc1[C@H](C)N)[C@@](C)(C(=O)O)[C@@H](CCCB(O)O)C2. The van der Waals surface area contributed by atoms with E-state index in [9.17, 15) is 9.90 Å². The van der Waals surface area contributed by atoms with E-state index in [0.29, 0.717) is 25.9 Å². The number of ether oxygens (including phenoxy) is 1. The van der Waals surface area contributed by atoms with E-state index in [4.69, 9.17) is 20.5 Å². The van der Waals surface area contributed by atoms with Gasteiger partial charge in [0.25, 0.3) is 0 Å². The van der Waals surface area contributed by atoms with E-state index in [1.807, 2.05) is 26.0 Å². The van der Waals surface area contributed by atoms with Gasteiger partial charge in [0.15, 0.2) is 0 Å². The van der Waals surface area contributed by atoms with Crippen molar-refractivity contribution in [3.05, 3.63) is 28.8 Å². The fraction of sp³-hybridized carbons (Fsp3) is 0.611. The number of benzene rings is 1. The molecule has 138 valence electrons. The molecular formula is C18H28BNO5. The van der Waals surface area contributed by atoms with Crippen LogP contribution in [0.25, 0.3) is 0 Å². The van der Waals surface area contributed by atoms with Gasteiger partial charge in [-0.3, -0.25) is 4.79 Å². The Morgan fingerprint density at radius 3 is 2.68 bits per heavy atom. The molecule has 0 aliphatic heterocycles. The minimum atomic E-state index is -1.35. The van der Waals surface area contributed by atoms with Crippen LogP contribution in [0, 0.1) is 5.92 Å². The monoisotopic (exact) mass is 349 g/mol. The molecule has 2 rings (SSSR count). The van der Waals surface area contributed by atoms with Crippen molar-refractivity contribution in [1.82, 2.24) is 0 Å². The summed E-state index contributed by atoms with van der Waals surface area (Å²) >= 11 is 0. The van der Waals surface area contributed by atoms with Gasteiger partial charge in [-0.2, -0.15) is 0 Å². The molecule has 1 aliphatic carbocycles. The molecule has 25 heavy (non-hydrogen) atoms. The fourth-order valence-electron chi connectivity index (χ4n) is 3.84. The van der Waals surface area contributed by atoms with Crippen molar-refractivity contribution in [2.45, 2.75) is 57.8 Å². The maximum Gasteiger partial charge on any atom is 0.451 e. The minimum Gasteiger partial charge on any atom is -0.494 e. The average Bonchev–Trinajstić information content (AvgIpc) is 2.79. The van der Waals surface area contributed by atoms with Crippen LogP contribution in [-0.2, 0) is 16.6 Å². The van der Waals surface area contributed by atoms with Crippen molar-refractivity contribution in [3.8, 4) is 5.75 Å². The van der Waals surface area contributed by atoms with Crippen molar-refractivity contribution in [2.75, 3.05) is 6.61 Å². The smallest absolute Gasteiger partial charge is 0.451 e. The quantitative estimate of drug-likeness (QED) is 0.533. The van der Waals surface area contributed by atoms with Crippen molar-refractivity contribution in [3.63, 3.8) is 0 Å². The van der Waals surface area contributed by atoms with E-state index in [2.05, 4.69) is 0 Å². The van der Waals surface area contributed by atoms with E-state index >= 15 is 0 Å². The van der Waals surface area contributed by atoms with Gasteiger partial charge in [0, 0.05) is 11.6 Å². The molecule has 1 aromatic carbocycles. The van der Waals surface area contributed by atoms with Crippen LogP contribution < -0.4 is 10.5 Å². The lowest BCUT2D eigenvalue weighted by Crippen LogP contribution is -2.37. The summed E-state index contributed by atoms with van der Waals surface area (Å²) in [6.45, 7) is 6.04. The molecule has 3 atom stereocenters. The van der Waals surface area contributed by atoms with E-state index in [-0.39, 0.29) is 18.3 Å². The third-order valence-corrected chi connectivity index (χ3v) is 5.33. The molecule has 5 N–H and O–H groups in total. The number of fused-ring (bicyclic) bond motifs is 1. The van der Waals surface area contributed by atoms with Gasteiger partial charge in [-0.15, -0.1) is 0 Å². The van der Waals surface area contributed by atoms with Crippen molar-refractivity contribution >= 4 is 13.1 Å². The van der Waals surface area contributed by atoms with Crippen molar-refractivity contribution < 1.29 is 24.7 Å². The van der Waals surface area contributed by atoms with Crippen LogP contribution in [-0.4, -0.2) is 34.8 Å². The normalized spacial score (nSPS) is 23.2. The van der Waals surface area contributed by atoms with Gasteiger partial charge in [0.2, 0.25) is 0 Å². The summed E-state index contributed by atoms with van der Waals surface area (Å²) in [7, 11) is -1.35. The first-order valence-corrected chi connectivity index (χ1v) is 8.87. The summed E-state index contributed by atoms with van der Waals surface area (Å²) in [6, 6.07) is 3.56. The Morgan fingerprint density at radius 1 is 1.48 bits per heavy atom. The number of rotatable bonds is 8. The molecule has 0 saturated carbocycles. The second kappa shape index (κ2) is 7.76. The van der Waals surface area contributed by atoms with Gasteiger partial charge >= 0.3 is 13.1 Å². The predicted molar refractivity (Wildman–Crippen MR) is 96.6 cm³/mol. The minimum absolute atomic E-state index is 0.100. The Balaban J connectivity index is 2.41. The van der Waals surface area contributed by atoms with Gasteiger partial charge in [0.1, 0.15) is 5.75 Å². The van der Waals surface area contributed by atoms with E-state index in [0.717, 1.165) is 22.4 Å². The third kappa shape index (κ3) is 3.83. The molecule has 0 aromatic heterocycles. The summed E-state index contributed by atoms with van der Waals surface area (Å²) < 4.78 is 5.71. The van der Waals surface area contributed by atoms with Crippen molar-refractivity contribution in [1.29, 1.82) is 0 Å². The van der Waals surface area contributed by atoms with Crippen LogP contribution in [0.2, 0.25) is 6.32 Å². The number of carboxylic acids is 1. The predicted octanol–water partition coefficient (Wildman–Crippen LogP) is 1.87. The summed E-state index contributed by atoms with van der Waals surface area (Å²) in [5.41, 5.74) is 7.65. The first kappa shape index (κ1) is 19.8. The Hall–Kier alpha value is -1.57. The highest BCUT2D eigenvalue weighted by Crippen LogP contribution is 2.48. The molecule has 1 aromatic rings. The topological polar surface area (TPSA) is 113 Å². The zero-order chi connectivity index (χ0) is 18.8. The van der Waals surface area contributed by atoms with Crippen LogP contribution in [0.3, 0.4) is 0 Å². The molecule has 0 saturated heterocycles. The number of nitrogens with two attached hydrogens (primary N) is 1. The number of carboxylic acid groups (broad SMARTS) is 1. The third-order valence-electron chi connectivity index (χ3n) is 5.33. The first-order chi connectivity index (χ1) is 11.7. The van der Waals surface area contributed by atoms with Crippen LogP contribution in [0.15, 0.2) is 12.1 Å². The highest BCUT2D eigenvalue weighted by molar-refractivity contribution is 6.40. The Kier molecular flexibility index (Phi) is 6.14. The molecule has 7 heteroatoms. The summed E-state index contributed by atoms with van der Waals surface area (Å²) in [5.74, 6) is -0.243. The summed E-state index contributed by atoms with van der Waals surface area (Å²) in [5, 5.41) is 28.0. The van der Waals surface area contributed by atoms with Crippen LogP contribution >= 0.6 is 0 Å². The molecule has 0 spiro atoms. The maximum absolute atomic E-state index is 12.1. The molecule has 0 heterocycles. The summed E-state index contributed by atoms with van der Waals surface area (Å²) in [4.78, 5) is 12.1. The first-order valence-electron chi connectivity index (χ1n) is 8.87. The highest BCUT2D eigenvalue weighted by Gasteiger charge is 2.49. The van der Waals surface area contributed by atoms with E-state index < -0.39 is 18.5 Å². The summed E-state index contributed by atoms with van der Waals surface area (Å²) in [6.07, 6.45) is 2.07. The Labute approximate surface area is 149 Å². The van der Waals surface area contributed by atoms with Crippen LogP contribution in [0.4, 0.5) is 0 Å². The molecule has 0 bridgehead atoms. The lowest BCUT2D eigenvalue weighted by Gasteiger charge is -2.29. The molecule has 0 unspecified atom stereocenters. The van der Waals surface area contributed by atoms with E-state index in [1.165, 1.54) is 0 Å². The van der Waals surface area contributed by atoms with Crippen molar-refractivity contribution in [2.24, 2.45) is 11.7 Å². The lowest BCUT2D eigenvalue weighted by molar-refractivity contribution is -0.145. The molecular weight excluding hydrogens is 321 g/mol. The lowest BCUT2D eigenvalue weighted by atomic mass is 9.72.